The first-order valence-corrected chi connectivity index (χ1v) is 4.74. The summed E-state index contributed by atoms with van der Waals surface area (Å²) in [5, 5.41) is 8.68. The summed E-state index contributed by atoms with van der Waals surface area (Å²) in [6.07, 6.45) is 3.18. The summed E-state index contributed by atoms with van der Waals surface area (Å²) in [7, 11) is 0. The van der Waals surface area contributed by atoms with Crippen LogP contribution in [-0.2, 0) is 11.2 Å². The van der Waals surface area contributed by atoms with E-state index in [9.17, 15) is 4.79 Å². The molecule has 3 heteroatoms. The zero-order chi connectivity index (χ0) is 10.6. The van der Waals surface area contributed by atoms with Gasteiger partial charge < -0.3 is 5.11 Å². The second-order valence-corrected chi connectivity index (χ2v) is 3.60. The van der Waals surface area contributed by atoms with Crippen LogP contribution in [0, 0.1) is 12.8 Å². The molecule has 0 saturated carbocycles. The van der Waals surface area contributed by atoms with E-state index >= 15 is 0 Å². The zero-order valence-electron chi connectivity index (χ0n) is 8.53. The second-order valence-electron chi connectivity index (χ2n) is 3.60. The Morgan fingerprint density at radius 2 is 2.29 bits per heavy atom. The lowest BCUT2D eigenvalue weighted by molar-refractivity contribution is -0.141. The highest BCUT2D eigenvalue weighted by Gasteiger charge is 2.10. The summed E-state index contributed by atoms with van der Waals surface area (Å²) in [4.78, 5) is 14.8. The molecule has 0 aliphatic heterocycles. The van der Waals surface area contributed by atoms with Gasteiger partial charge in [0.1, 0.15) is 0 Å². The lowest BCUT2D eigenvalue weighted by Gasteiger charge is -2.05. The molecule has 76 valence electrons. The number of nitrogens with zero attached hydrogens (tertiary/aromatic N) is 1. The summed E-state index contributed by atoms with van der Waals surface area (Å²) < 4.78 is 0. The second kappa shape index (κ2) is 4.74. The molecule has 0 bridgehead atoms. The Balaban J connectivity index is 2.46. The number of carbonyl (C=O) groups is 1. The first-order valence-electron chi connectivity index (χ1n) is 4.74. The van der Waals surface area contributed by atoms with Crippen LogP contribution in [0.5, 0.6) is 0 Å². The van der Waals surface area contributed by atoms with Crippen LogP contribution in [0.1, 0.15) is 24.6 Å². The number of aliphatic carboxylic acids is 1. The Bertz CT molecular complexity index is 306. The van der Waals surface area contributed by atoms with E-state index in [1.807, 2.05) is 19.1 Å². The summed E-state index contributed by atoms with van der Waals surface area (Å²) in [6, 6.07) is 3.94. The van der Waals surface area contributed by atoms with E-state index in [4.69, 9.17) is 5.11 Å². The Hall–Kier alpha value is -1.38. The number of aryl methyl sites for hydroxylation is 2. The van der Waals surface area contributed by atoms with Crippen molar-refractivity contribution in [3.05, 3.63) is 29.6 Å². The maximum Gasteiger partial charge on any atom is 0.306 e. The van der Waals surface area contributed by atoms with Crippen molar-refractivity contribution in [1.29, 1.82) is 0 Å². The number of rotatable bonds is 4. The average Bonchev–Trinajstić information content (AvgIpc) is 2.16. The van der Waals surface area contributed by atoms with Gasteiger partial charge in [0.25, 0.3) is 0 Å². The van der Waals surface area contributed by atoms with E-state index in [-0.39, 0.29) is 5.92 Å². The van der Waals surface area contributed by atoms with E-state index in [0.717, 1.165) is 17.7 Å². The van der Waals surface area contributed by atoms with Crippen molar-refractivity contribution in [1.82, 2.24) is 4.98 Å². The van der Waals surface area contributed by atoms with Crippen molar-refractivity contribution in [2.24, 2.45) is 5.92 Å². The van der Waals surface area contributed by atoms with Crippen LogP contribution in [-0.4, -0.2) is 16.1 Å². The lowest BCUT2D eigenvalue weighted by atomic mass is 10.0. The molecule has 1 heterocycles. The van der Waals surface area contributed by atoms with E-state index in [2.05, 4.69) is 4.98 Å². The van der Waals surface area contributed by atoms with Crippen LogP contribution in [0.4, 0.5) is 0 Å². The van der Waals surface area contributed by atoms with Crippen LogP contribution in [0.15, 0.2) is 18.3 Å². The molecule has 1 unspecified atom stereocenters. The Morgan fingerprint density at radius 3 is 2.79 bits per heavy atom. The molecule has 1 N–H and O–H groups in total. The van der Waals surface area contributed by atoms with Crippen molar-refractivity contribution in [2.75, 3.05) is 0 Å². The van der Waals surface area contributed by atoms with Gasteiger partial charge in [-0.3, -0.25) is 9.78 Å². The van der Waals surface area contributed by atoms with Crippen molar-refractivity contribution >= 4 is 5.97 Å². The maximum atomic E-state index is 10.6. The van der Waals surface area contributed by atoms with E-state index in [0.29, 0.717) is 6.42 Å². The number of pyridine rings is 1. The monoisotopic (exact) mass is 193 g/mol. The fourth-order valence-electron chi connectivity index (χ4n) is 1.13. The zero-order valence-corrected chi connectivity index (χ0v) is 8.53. The van der Waals surface area contributed by atoms with Crippen LogP contribution < -0.4 is 0 Å². The number of hydrogen-bond acceptors (Lipinski definition) is 2. The van der Waals surface area contributed by atoms with Gasteiger partial charge in [0, 0.05) is 11.9 Å². The normalized spacial score (nSPS) is 12.4. The topological polar surface area (TPSA) is 50.2 Å². The Labute approximate surface area is 83.8 Å². The van der Waals surface area contributed by atoms with Gasteiger partial charge in [0.05, 0.1) is 5.92 Å². The molecule has 0 aliphatic rings. The highest BCUT2D eigenvalue weighted by atomic mass is 16.4. The number of carboxylic acids is 1. The van der Waals surface area contributed by atoms with Gasteiger partial charge in [0.2, 0.25) is 0 Å². The fraction of sp³-hybridized carbons (Fsp3) is 0.455. The quantitative estimate of drug-likeness (QED) is 0.796. The Kier molecular flexibility index (Phi) is 3.63. The minimum absolute atomic E-state index is 0.293. The van der Waals surface area contributed by atoms with Crippen molar-refractivity contribution in [3.8, 4) is 0 Å². The minimum atomic E-state index is -0.739. The molecule has 14 heavy (non-hydrogen) atoms. The first-order chi connectivity index (χ1) is 6.59. The third kappa shape index (κ3) is 3.17. The summed E-state index contributed by atoms with van der Waals surface area (Å²) in [5.41, 5.74) is 2.09. The van der Waals surface area contributed by atoms with Crippen LogP contribution in [0.2, 0.25) is 0 Å². The maximum absolute atomic E-state index is 10.6. The molecular formula is C11H15NO2. The van der Waals surface area contributed by atoms with E-state index in [1.165, 1.54) is 0 Å². The number of carboxylic acid groups (broad SMARTS) is 1. The molecule has 0 fully saturated rings. The molecule has 1 atom stereocenters. The van der Waals surface area contributed by atoms with Gasteiger partial charge in [-0.2, -0.15) is 0 Å². The summed E-state index contributed by atoms with van der Waals surface area (Å²) in [6.45, 7) is 3.70. The highest BCUT2D eigenvalue weighted by Crippen LogP contribution is 2.08. The average molecular weight is 193 g/mol. The molecule has 1 rings (SSSR count). The molecular weight excluding hydrogens is 178 g/mol. The molecule has 1 aromatic heterocycles. The van der Waals surface area contributed by atoms with Gasteiger partial charge in [0.15, 0.2) is 0 Å². The molecule has 0 amide bonds. The standard InChI is InChI=1S/C11H15NO2/c1-8-3-5-10(12-7-8)6-4-9(2)11(13)14/h3,5,7,9H,4,6H2,1-2H3,(H,13,14). The third-order valence-corrected chi connectivity index (χ3v) is 2.23. The molecule has 3 nitrogen and oxygen atoms in total. The first kappa shape index (κ1) is 10.7. The van der Waals surface area contributed by atoms with Crippen molar-refractivity contribution < 1.29 is 9.90 Å². The smallest absolute Gasteiger partial charge is 0.306 e. The molecule has 0 aromatic carbocycles. The van der Waals surface area contributed by atoms with Crippen molar-refractivity contribution in [3.63, 3.8) is 0 Å². The molecule has 0 radical (unpaired) electrons. The number of aromatic nitrogens is 1. The van der Waals surface area contributed by atoms with Crippen molar-refractivity contribution in [2.45, 2.75) is 26.7 Å². The van der Waals surface area contributed by atoms with E-state index in [1.54, 1.807) is 13.1 Å². The highest BCUT2D eigenvalue weighted by molar-refractivity contribution is 5.69. The summed E-state index contributed by atoms with van der Waals surface area (Å²) >= 11 is 0. The van der Waals surface area contributed by atoms with E-state index < -0.39 is 5.97 Å². The molecule has 1 aromatic rings. The van der Waals surface area contributed by atoms with Gasteiger partial charge in [-0.25, -0.2) is 0 Å². The SMILES string of the molecule is Cc1ccc(CCC(C)C(=O)O)nc1. The van der Waals surface area contributed by atoms with Gasteiger partial charge in [-0.1, -0.05) is 13.0 Å². The Morgan fingerprint density at radius 1 is 1.57 bits per heavy atom. The van der Waals surface area contributed by atoms with Crippen LogP contribution >= 0.6 is 0 Å². The fourth-order valence-corrected chi connectivity index (χ4v) is 1.13. The van der Waals surface area contributed by atoms with Gasteiger partial charge in [-0.05, 0) is 31.4 Å². The minimum Gasteiger partial charge on any atom is -0.481 e. The summed E-state index contributed by atoms with van der Waals surface area (Å²) in [5.74, 6) is -1.03. The van der Waals surface area contributed by atoms with Crippen LogP contribution in [0.3, 0.4) is 0 Å². The third-order valence-electron chi connectivity index (χ3n) is 2.23. The van der Waals surface area contributed by atoms with Gasteiger partial charge in [-0.15, -0.1) is 0 Å². The predicted molar refractivity (Wildman–Crippen MR) is 54.1 cm³/mol. The van der Waals surface area contributed by atoms with Gasteiger partial charge >= 0.3 is 5.97 Å². The molecule has 0 spiro atoms. The van der Waals surface area contributed by atoms with Crippen LogP contribution in [0.25, 0.3) is 0 Å². The number of hydrogen-bond donors (Lipinski definition) is 1. The lowest BCUT2D eigenvalue weighted by Crippen LogP contribution is -2.10. The largest absolute Gasteiger partial charge is 0.481 e. The predicted octanol–water partition coefficient (Wildman–Crippen LogP) is 2.04. The molecule has 0 aliphatic carbocycles. The molecule has 0 saturated heterocycles.